The first kappa shape index (κ1) is 20.0. The van der Waals surface area contributed by atoms with Crippen molar-refractivity contribution in [3.63, 3.8) is 0 Å². The van der Waals surface area contributed by atoms with Crippen LogP contribution < -0.4 is 11.1 Å². The fourth-order valence-electron chi connectivity index (χ4n) is 2.39. The van der Waals surface area contributed by atoms with Crippen molar-refractivity contribution in [3.8, 4) is 11.8 Å². The van der Waals surface area contributed by atoms with Gasteiger partial charge in [0.15, 0.2) is 0 Å². The Morgan fingerprint density at radius 2 is 2.08 bits per heavy atom. The van der Waals surface area contributed by atoms with Gasteiger partial charge >= 0.3 is 11.9 Å². The first-order valence-electron chi connectivity index (χ1n) is 8.25. The second-order valence-electron chi connectivity index (χ2n) is 6.03. The summed E-state index contributed by atoms with van der Waals surface area (Å²) in [5, 5.41) is 11.4. The zero-order valence-corrected chi connectivity index (χ0v) is 14.3. The molecule has 0 radical (unpaired) electrons. The smallest absolute Gasteiger partial charge is 0.327 e. The molecule has 1 aliphatic rings. The molecule has 1 fully saturated rings. The van der Waals surface area contributed by atoms with Crippen LogP contribution in [0, 0.1) is 17.8 Å². The lowest BCUT2D eigenvalue weighted by Gasteiger charge is -2.12. The summed E-state index contributed by atoms with van der Waals surface area (Å²) in [4.78, 5) is 33.5. The number of amides is 1. The minimum absolute atomic E-state index is 0.132. The Morgan fingerprint density at radius 1 is 1.38 bits per heavy atom. The van der Waals surface area contributed by atoms with Crippen LogP contribution in [-0.2, 0) is 19.1 Å². The fraction of sp³-hybridized carbons (Fsp3) is 0.706. The van der Waals surface area contributed by atoms with Crippen LogP contribution in [0.5, 0.6) is 0 Å². The Bertz CT molecular complexity index is 537. The Balaban J connectivity index is 2.19. The molecule has 7 heteroatoms. The molecule has 1 rings (SSSR count). The van der Waals surface area contributed by atoms with E-state index in [4.69, 9.17) is 15.6 Å². The summed E-state index contributed by atoms with van der Waals surface area (Å²) in [5.74, 6) is 4.14. The van der Waals surface area contributed by atoms with Gasteiger partial charge in [0.05, 0.1) is 12.5 Å². The number of nitrogens with two attached hydrogens (primary N) is 1. The lowest BCUT2D eigenvalue weighted by Crippen LogP contribution is -2.39. The van der Waals surface area contributed by atoms with Gasteiger partial charge in [0.1, 0.15) is 11.6 Å². The van der Waals surface area contributed by atoms with Crippen molar-refractivity contribution in [1.29, 1.82) is 0 Å². The van der Waals surface area contributed by atoms with Gasteiger partial charge in [0, 0.05) is 13.3 Å². The van der Waals surface area contributed by atoms with Gasteiger partial charge in [0.25, 0.3) is 0 Å². The fourth-order valence-corrected chi connectivity index (χ4v) is 2.39. The third-order valence-corrected chi connectivity index (χ3v) is 3.91. The first-order valence-corrected chi connectivity index (χ1v) is 8.25. The van der Waals surface area contributed by atoms with E-state index in [1.807, 2.05) is 0 Å². The largest absolute Gasteiger partial charge is 0.480 e. The van der Waals surface area contributed by atoms with E-state index in [1.165, 1.54) is 6.92 Å². The van der Waals surface area contributed by atoms with Crippen LogP contribution >= 0.6 is 0 Å². The summed E-state index contributed by atoms with van der Waals surface area (Å²) in [7, 11) is 0. The topological polar surface area (TPSA) is 119 Å². The van der Waals surface area contributed by atoms with E-state index in [9.17, 15) is 14.4 Å². The second kappa shape index (κ2) is 9.28. The van der Waals surface area contributed by atoms with Gasteiger partial charge in [-0.05, 0) is 26.2 Å². The predicted octanol–water partition coefficient (Wildman–Crippen LogP) is 0.810. The summed E-state index contributed by atoms with van der Waals surface area (Å²) in [6.45, 7) is 3.36. The Labute approximate surface area is 142 Å². The van der Waals surface area contributed by atoms with E-state index in [-0.39, 0.29) is 17.8 Å². The SMILES string of the molecule is CCOC(=O)[C@@]1(N)C[C@H]1C#CCCCCC[C@H](NC(C)=O)C(=O)O. The lowest BCUT2D eigenvalue weighted by atomic mass is 10.1. The third kappa shape index (κ3) is 6.20. The second-order valence-corrected chi connectivity index (χ2v) is 6.03. The van der Waals surface area contributed by atoms with Crippen LogP contribution in [-0.4, -0.2) is 41.1 Å². The number of rotatable bonds is 9. The molecule has 0 spiro atoms. The van der Waals surface area contributed by atoms with Crippen molar-refractivity contribution in [2.45, 2.75) is 64.0 Å². The summed E-state index contributed by atoms with van der Waals surface area (Å²) in [6, 6.07) is -0.831. The standard InChI is InChI=1S/C17H26N2O5/c1-3-24-16(23)17(18)11-13(17)9-7-5-4-6-8-10-14(15(21)22)19-12(2)20/h13-14H,3-6,8,10-11,18H2,1-2H3,(H,19,20)(H,21,22)/t13-,14+,17-/m1/s1. The molecule has 0 aromatic heterocycles. The van der Waals surface area contributed by atoms with Crippen LogP contribution in [0.25, 0.3) is 0 Å². The lowest BCUT2D eigenvalue weighted by molar-refractivity contribution is -0.146. The van der Waals surface area contributed by atoms with Gasteiger partial charge in [-0.1, -0.05) is 18.8 Å². The number of unbranched alkanes of at least 4 members (excludes halogenated alkanes) is 3. The average Bonchev–Trinajstić information content (AvgIpc) is 3.17. The molecule has 0 aromatic carbocycles. The van der Waals surface area contributed by atoms with Crippen LogP contribution in [0.15, 0.2) is 0 Å². The highest BCUT2D eigenvalue weighted by Crippen LogP contribution is 2.41. The van der Waals surface area contributed by atoms with Crippen molar-refractivity contribution in [3.05, 3.63) is 0 Å². The van der Waals surface area contributed by atoms with Crippen LogP contribution in [0.3, 0.4) is 0 Å². The molecule has 7 nitrogen and oxygen atoms in total. The van der Waals surface area contributed by atoms with Gasteiger partial charge in [-0.3, -0.25) is 9.59 Å². The summed E-state index contributed by atoms with van der Waals surface area (Å²) in [5.41, 5.74) is 4.98. The molecule has 134 valence electrons. The maximum atomic E-state index is 11.6. The van der Waals surface area contributed by atoms with E-state index in [1.54, 1.807) is 6.92 Å². The number of ether oxygens (including phenoxy) is 1. The molecule has 0 aromatic rings. The van der Waals surface area contributed by atoms with Crippen molar-refractivity contribution >= 4 is 17.8 Å². The number of aliphatic carboxylic acids is 1. The normalized spacial score (nSPS) is 22.7. The molecular formula is C17H26N2O5. The van der Waals surface area contributed by atoms with Crippen molar-refractivity contribution < 1.29 is 24.2 Å². The minimum atomic E-state index is -1.02. The molecule has 1 aliphatic carbocycles. The van der Waals surface area contributed by atoms with Crippen LogP contribution in [0.4, 0.5) is 0 Å². The van der Waals surface area contributed by atoms with Crippen LogP contribution in [0.1, 0.15) is 52.4 Å². The molecule has 0 saturated heterocycles. The van der Waals surface area contributed by atoms with E-state index in [0.717, 1.165) is 12.8 Å². The van der Waals surface area contributed by atoms with Gasteiger partial charge in [-0.2, -0.15) is 0 Å². The third-order valence-electron chi connectivity index (χ3n) is 3.91. The number of nitrogens with one attached hydrogen (secondary N) is 1. The Hall–Kier alpha value is -2.07. The van der Waals surface area contributed by atoms with E-state index >= 15 is 0 Å². The number of hydrogen-bond acceptors (Lipinski definition) is 5. The van der Waals surface area contributed by atoms with E-state index in [2.05, 4.69) is 17.2 Å². The van der Waals surface area contributed by atoms with Crippen molar-refractivity contribution in [2.24, 2.45) is 11.7 Å². The first-order chi connectivity index (χ1) is 11.3. The number of carboxylic acid groups (broad SMARTS) is 1. The number of carboxylic acids is 1. The molecule has 0 bridgehead atoms. The molecule has 1 saturated carbocycles. The van der Waals surface area contributed by atoms with Gasteiger partial charge in [-0.25, -0.2) is 4.79 Å². The van der Waals surface area contributed by atoms with E-state index < -0.39 is 17.6 Å². The zero-order valence-electron chi connectivity index (χ0n) is 14.3. The molecule has 4 N–H and O–H groups in total. The molecule has 24 heavy (non-hydrogen) atoms. The van der Waals surface area contributed by atoms with Crippen molar-refractivity contribution in [2.75, 3.05) is 6.61 Å². The highest BCUT2D eigenvalue weighted by molar-refractivity contribution is 5.85. The van der Waals surface area contributed by atoms with Crippen LogP contribution in [0.2, 0.25) is 0 Å². The number of esters is 1. The van der Waals surface area contributed by atoms with Gasteiger partial charge in [-0.15, -0.1) is 5.92 Å². The predicted molar refractivity (Wildman–Crippen MR) is 87.8 cm³/mol. The van der Waals surface area contributed by atoms with Gasteiger partial charge < -0.3 is 20.9 Å². The van der Waals surface area contributed by atoms with Gasteiger partial charge in [0.2, 0.25) is 5.91 Å². The molecule has 3 atom stereocenters. The Morgan fingerprint density at radius 3 is 2.67 bits per heavy atom. The zero-order chi connectivity index (χ0) is 18.2. The molecular weight excluding hydrogens is 312 g/mol. The number of carbonyl (C=O) groups excluding carboxylic acids is 2. The summed E-state index contributed by atoms with van der Waals surface area (Å²) < 4.78 is 4.92. The maximum Gasteiger partial charge on any atom is 0.327 e. The molecule has 0 heterocycles. The molecule has 0 aliphatic heterocycles. The summed E-state index contributed by atoms with van der Waals surface area (Å²) in [6.07, 6.45) is 3.98. The minimum Gasteiger partial charge on any atom is -0.480 e. The summed E-state index contributed by atoms with van der Waals surface area (Å²) >= 11 is 0. The molecule has 1 amide bonds. The molecule has 0 unspecified atom stereocenters. The van der Waals surface area contributed by atoms with E-state index in [0.29, 0.717) is 32.3 Å². The van der Waals surface area contributed by atoms with Crippen molar-refractivity contribution in [1.82, 2.24) is 5.32 Å². The number of hydrogen-bond donors (Lipinski definition) is 3. The number of carbonyl (C=O) groups is 3. The average molecular weight is 338 g/mol. The Kier molecular flexibility index (Phi) is 7.72. The maximum absolute atomic E-state index is 11.6. The quantitative estimate of drug-likeness (QED) is 0.325. The highest BCUT2D eigenvalue weighted by Gasteiger charge is 2.57. The highest BCUT2D eigenvalue weighted by atomic mass is 16.5. The monoisotopic (exact) mass is 338 g/mol.